The Kier molecular flexibility index (Phi) is 5.13. The molecule has 1 heterocycles. The number of hydrogen-bond donors (Lipinski definition) is 2. The van der Waals surface area contributed by atoms with Gasteiger partial charge >= 0.3 is 5.97 Å². The normalized spacial score (nSPS) is 12.0. The van der Waals surface area contributed by atoms with Gasteiger partial charge in [0.1, 0.15) is 17.9 Å². The van der Waals surface area contributed by atoms with E-state index in [9.17, 15) is 4.79 Å². The predicted molar refractivity (Wildman–Crippen MR) is 73.2 cm³/mol. The van der Waals surface area contributed by atoms with Crippen molar-refractivity contribution in [3.05, 3.63) is 22.3 Å². The largest absolute Gasteiger partial charge is 0.480 e. The van der Waals surface area contributed by atoms with Crippen LogP contribution in [0.5, 0.6) is 0 Å². The number of aliphatic carboxylic acids is 1. The van der Waals surface area contributed by atoms with Crippen LogP contribution >= 0.6 is 11.6 Å². The average Bonchev–Trinajstić information content (AvgIpc) is 2.31. The lowest BCUT2D eigenvalue weighted by Gasteiger charge is -2.18. The number of rotatable bonds is 5. The molecule has 6 heteroatoms. The molecular formula is C13H16ClN3O2. The maximum atomic E-state index is 11.2. The molecule has 2 N–H and O–H groups in total. The Bertz CT molecular complexity index is 523. The highest BCUT2D eigenvalue weighted by Gasteiger charge is 2.20. The topological polar surface area (TPSA) is 86.0 Å². The minimum Gasteiger partial charge on any atom is -0.480 e. The number of pyridine rings is 1. The number of aromatic nitrogens is 1. The molecular weight excluding hydrogens is 266 g/mol. The van der Waals surface area contributed by atoms with Crippen LogP contribution in [-0.4, -0.2) is 22.1 Å². The van der Waals surface area contributed by atoms with Crippen LogP contribution in [0.3, 0.4) is 0 Å². The lowest BCUT2D eigenvalue weighted by molar-refractivity contribution is -0.138. The minimum atomic E-state index is -0.950. The van der Waals surface area contributed by atoms with E-state index in [0.717, 1.165) is 0 Å². The fourth-order valence-corrected chi connectivity index (χ4v) is 1.86. The smallest absolute Gasteiger partial charge is 0.326 e. The van der Waals surface area contributed by atoms with Gasteiger partial charge in [-0.2, -0.15) is 5.26 Å². The summed E-state index contributed by atoms with van der Waals surface area (Å²) in [6, 6.07) is 2.71. The third kappa shape index (κ3) is 4.11. The van der Waals surface area contributed by atoms with E-state index < -0.39 is 12.0 Å². The third-order valence-electron chi connectivity index (χ3n) is 2.60. The molecule has 0 radical (unpaired) electrons. The molecule has 1 atom stereocenters. The molecule has 1 rings (SSSR count). The quantitative estimate of drug-likeness (QED) is 0.867. The Morgan fingerprint density at radius 3 is 2.74 bits per heavy atom. The molecule has 0 aliphatic heterocycles. The van der Waals surface area contributed by atoms with Crippen LogP contribution in [0.4, 0.5) is 5.82 Å². The molecule has 0 saturated carbocycles. The lowest BCUT2D eigenvalue weighted by atomic mass is 10.0. The number of carbonyl (C=O) groups is 1. The van der Waals surface area contributed by atoms with Gasteiger partial charge in [-0.1, -0.05) is 25.4 Å². The summed E-state index contributed by atoms with van der Waals surface area (Å²) in [5.74, 6) is -0.424. The van der Waals surface area contributed by atoms with Gasteiger partial charge < -0.3 is 10.4 Å². The summed E-state index contributed by atoms with van der Waals surface area (Å²) < 4.78 is 0. The summed E-state index contributed by atoms with van der Waals surface area (Å²) in [7, 11) is 0. The van der Waals surface area contributed by atoms with Crippen molar-refractivity contribution in [2.45, 2.75) is 33.2 Å². The monoisotopic (exact) mass is 281 g/mol. The van der Waals surface area contributed by atoms with Crippen LogP contribution in [0, 0.1) is 24.2 Å². The van der Waals surface area contributed by atoms with Crippen LogP contribution < -0.4 is 5.32 Å². The van der Waals surface area contributed by atoms with E-state index in [2.05, 4.69) is 10.3 Å². The fourth-order valence-electron chi connectivity index (χ4n) is 1.65. The number of nitrogens with zero attached hydrogens (tertiary/aromatic N) is 2. The molecule has 102 valence electrons. The van der Waals surface area contributed by atoms with Gasteiger partial charge in [0, 0.05) is 0 Å². The number of hydrogen-bond acceptors (Lipinski definition) is 4. The Labute approximate surface area is 117 Å². The van der Waals surface area contributed by atoms with E-state index in [0.29, 0.717) is 23.5 Å². The summed E-state index contributed by atoms with van der Waals surface area (Å²) in [6.07, 6.45) is 0.465. The zero-order chi connectivity index (χ0) is 14.6. The van der Waals surface area contributed by atoms with E-state index in [1.54, 1.807) is 6.92 Å². The summed E-state index contributed by atoms with van der Waals surface area (Å²) in [4.78, 5) is 15.3. The number of aryl methyl sites for hydroxylation is 1. The molecule has 5 nitrogen and oxygen atoms in total. The van der Waals surface area contributed by atoms with Gasteiger partial charge in [-0.25, -0.2) is 9.78 Å². The van der Waals surface area contributed by atoms with Crippen LogP contribution in [0.2, 0.25) is 5.02 Å². The number of carboxylic acids is 1. The molecule has 0 spiro atoms. The zero-order valence-corrected chi connectivity index (χ0v) is 11.8. The second-order valence-electron chi connectivity index (χ2n) is 4.73. The Balaban J connectivity index is 3.00. The molecule has 0 bridgehead atoms. The van der Waals surface area contributed by atoms with E-state index >= 15 is 0 Å². The average molecular weight is 282 g/mol. The van der Waals surface area contributed by atoms with Crippen LogP contribution in [-0.2, 0) is 4.79 Å². The van der Waals surface area contributed by atoms with Crippen molar-refractivity contribution in [2.24, 2.45) is 5.92 Å². The summed E-state index contributed by atoms with van der Waals surface area (Å²) in [5.41, 5.74) is 0.898. The summed E-state index contributed by atoms with van der Waals surface area (Å²) >= 11 is 6.00. The van der Waals surface area contributed by atoms with Crippen molar-refractivity contribution < 1.29 is 9.90 Å². The third-order valence-corrected chi connectivity index (χ3v) is 2.89. The molecule has 0 aliphatic carbocycles. The minimum absolute atomic E-state index is 0.229. The van der Waals surface area contributed by atoms with Gasteiger partial charge in [0.25, 0.3) is 0 Å². The number of anilines is 1. The van der Waals surface area contributed by atoms with Gasteiger partial charge in [-0.05, 0) is 25.3 Å². The second kappa shape index (κ2) is 6.39. The zero-order valence-electron chi connectivity index (χ0n) is 11.1. The van der Waals surface area contributed by atoms with Crippen LogP contribution in [0.25, 0.3) is 0 Å². The highest BCUT2D eigenvalue weighted by atomic mass is 35.5. The molecule has 1 aromatic rings. The van der Waals surface area contributed by atoms with Crippen molar-refractivity contribution in [3.8, 4) is 6.07 Å². The van der Waals surface area contributed by atoms with E-state index in [4.69, 9.17) is 22.0 Å². The van der Waals surface area contributed by atoms with Crippen molar-refractivity contribution in [2.75, 3.05) is 5.32 Å². The maximum Gasteiger partial charge on any atom is 0.326 e. The first-order chi connectivity index (χ1) is 8.85. The number of halogens is 1. The standard InChI is InChI=1S/C13H16ClN3O2/c1-7(2)4-11(13(18)19)17-12-10(14)5-9(6-15)8(3)16-12/h5,7,11H,4H2,1-3H3,(H,16,17)(H,18,19)/t11-/m0/s1. The van der Waals surface area contributed by atoms with Crippen molar-refractivity contribution in [3.63, 3.8) is 0 Å². The Hall–Kier alpha value is -1.80. The van der Waals surface area contributed by atoms with Gasteiger partial charge in [0.05, 0.1) is 16.3 Å². The first-order valence-electron chi connectivity index (χ1n) is 5.91. The van der Waals surface area contributed by atoms with Crippen molar-refractivity contribution in [1.29, 1.82) is 5.26 Å². The highest BCUT2D eigenvalue weighted by Crippen LogP contribution is 2.24. The maximum absolute atomic E-state index is 11.2. The van der Waals surface area contributed by atoms with E-state index in [1.165, 1.54) is 6.07 Å². The SMILES string of the molecule is Cc1nc(N[C@@H](CC(C)C)C(=O)O)c(Cl)cc1C#N. The molecule has 0 aromatic carbocycles. The van der Waals surface area contributed by atoms with Crippen molar-refractivity contribution >= 4 is 23.4 Å². The molecule has 0 fully saturated rings. The van der Waals surface area contributed by atoms with Gasteiger partial charge in [0.15, 0.2) is 0 Å². The lowest BCUT2D eigenvalue weighted by Crippen LogP contribution is -2.31. The predicted octanol–water partition coefficient (Wildman–Crippen LogP) is 2.83. The first kappa shape index (κ1) is 15.3. The number of nitriles is 1. The van der Waals surface area contributed by atoms with Gasteiger partial charge in [0.2, 0.25) is 0 Å². The highest BCUT2D eigenvalue weighted by molar-refractivity contribution is 6.33. The number of carboxylic acid groups (broad SMARTS) is 1. The molecule has 0 unspecified atom stereocenters. The molecule has 0 amide bonds. The molecule has 1 aromatic heterocycles. The number of nitrogens with one attached hydrogen (secondary N) is 1. The Morgan fingerprint density at radius 1 is 1.63 bits per heavy atom. The van der Waals surface area contributed by atoms with E-state index in [-0.39, 0.29) is 10.9 Å². The summed E-state index contributed by atoms with van der Waals surface area (Å²) in [6.45, 7) is 5.56. The summed E-state index contributed by atoms with van der Waals surface area (Å²) in [5, 5.41) is 21.1. The van der Waals surface area contributed by atoms with Gasteiger partial charge in [-0.15, -0.1) is 0 Å². The molecule has 0 aliphatic rings. The first-order valence-corrected chi connectivity index (χ1v) is 6.29. The fraction of sp³-hybridized carbons (Fsp3) is 0.462. The van der Waals surface area contributed by atoms with Crippen LogP contribution in [0.15, 0.2) is 6.07 Å². The van der Waals surface area contributed by atoms with Crippen LogP contribution in [0.1, 0.15) is 31.5 Å². The Morgan fingerprint density at radius 2 is 2.26 bits per heavy atom. The molecule has 0 saturated heterocycles. The molecule has 19 heavy (non-hydrogen) atoms. The second-order valence-corrected chi connectivity index (χ2v) is 5.14. The van der Waals surface area contributed by atoms with Crippen molar-refractivity contribution in [1.82, 2.24) is 4.98 Å². The van der Waals surface area contributed by atoms with Gasteiger partial charge in [-0.3, -0.25) is 0 Å². The van der Waals surface area contributed by atoms with E-state index in [1.807, 2.05) is 19.9 Å².